The minimum atomic E-state index is -3.85. The average molecular weight is 427 g/mol. The number of aromatic nitrogens is 2. The van der Waals surface area contributed by atoms with Crippen LogP contribution in [0.2, 0.25) is 0 Å². The van der Waals surface area contributed by atoms with Crippen molar-refractivity contribution in [2.75, 3.05) is 10.1 Å². The van der Waals surface area contributed by atoms with Gasteiger partial charge in [-0.25, -0.2) is 18.4 Å². The van der Waals surface area contributed by atoms with Gasteiger partial charge in [-0.1, -0.05) is 59.8 Å². The summed E-state index contributed by atoms with van der Waals surface area (Å²) in [6.07, 6.45) is 1.30. The molecular formula is C20H18N4O3S2. The molecule has 9 heteroatoms. The van der Waals surface area contributed by atoms with Crippen molar-refractivity contribution in [1.82, 2.24) is 9.97 Å². The number of hydrogen-bond acceptors (Lipinski definition) is 6. The molecule has 0 unspecified atom stereocenters. The number of primary amides is 1. The largest absolute Gasteiger partial charge is 0.369 e. The quantitative estimate of drug-likeness (QED) is 0.497. The third kappa shape index (κ3) is 3.70. The molecule has 0 bridgehead atoms. The molecule has 0 spiro atoms. The lowest BCUT2D eigenvalue weighted by molar-refractivity contribution is -0.115. The van der Waals surface area contributed by atoms with Gasteiger partial charge in [-0.15, -0.1) is 0 Å². The van der Waals surface area contributed by atoms with E-state index in [0.29, 0.717) is 22.1 Å². The number of sulfonamides is 1. The number of aryl methyl sites for hydroxylation is 1. The molecule has 0 fully saturated rings. The average Bonchev–Trinajstić information content (AvgIpc) is 2.71. The molecule has 148 valence electrons. The van der Waals surface area contributed by atoms with Gasteiger partial charge in [0.25, 0.3) is 10.0 Å². The van der Waals surface area contributed by atoms with E-state index in [1.807, 2.05) is 43.3 Å². The van der Waals surface area contributed by atoms with Crippen LogP contribution in [-0.4, -0.2) is 30.0 Å². The van der Waals surface area contributed by atoms with Gasteiger partial charge < -0.3 is 5.73 Å². The maximum atomic E-state index is 13.4. The number of anilines is 1. The number of carbonyl (C=O) groups is 1. The number of carbonyl (C=O) groups excluding carboxylic acids is 1. The maximum Gasteiger partial charge on any atom is 0.268 e. The van der Waals surface area contributed by atoms with E-state index >= 15 is 0 Å². The molecule has 3 aromatic rings. The lowest BCUT2D eigenvalue weighted by Gasteiger charge is -2.31. The highest BCUT2D eigenvalue weighted by Gasteiger charge is 2.36. The van der Waals surface area contributed by atoms with Crippen LogP contribution in [-0.2, 0) is 21.4 Å². The predicted molar refractivity (Wildman–Crippen MR) is 112 cm³/mol. The molecule has 0 atom stereocenters. The van der Waals surface area contributed by atoms with Crippen LogP contribution in [0.15, 0.2) is 64.8 Å². The highest BCUT2D eigenvalue weighted by atomic mass is 32.2. The van der Waals surface area contributed by atoms with Crippen LogP contribution in [0.1, 0.15) is 11.1 Å². The van der Waals surface area contributed by atoms with Crippen LogP contribution in [0.5, 0.6) is 0 Å². The van der Waals surface area contributed by atoms with E-state index in [2.05, 4.69) is 9.97 Å². The molecule has 2 N–H and O–H groups in total. The van der Waals surface area contributed by atoms with Crippen molar-refractivity contribution >= 4 is 33.4 Å². The molecule has 2 aromatic carbocycles. The molecule has 0 radical (unpaired) electrons. The first-order valence-electron chi connectivity index (χ1n) is 8.82. The molecule has 4 rings (SSSR count). The topological polar surface area (TPSA) is 106 Å². The lowest BCUT2D eigenvalue weighted by Crippen LogP contribution is -2.34. The Hall–Kier alpha value is -2.91. The zero-order chi connectivity index (χ0) is 20.6. The molecule has 0 saturated carbocycles. The first-order chi connectivity index (χ1) is 13.9. The minimum absolute atomic E-state index is 0.0206. The second-order valence-electron chi connectivity index (χ2n) is 6.63. The second kappa shape index (κ2) is 7.49. The number of nitrogens with zero attached hydrogens (tertiary/aromatic N) is 3. The summed E-state index contributed by atoms with van der Waals surface area (Å²) in [5.41, 5.74) is 8.77. The first kappa shape index (κ1) is 19.4. The van der Waals surface area contributed by atoms with Crippen molar-refractivity contribution in [1.29, 1.82) is 0 Å². The number of para-hydroxylation sites is 1. The van der Waals surface area contributed by atoms with Gasteiger partial charge in [-0.05, 0) is 18.6 Å². The smallest absolute Gasteiger partial charge is 0.268 e. The number of fused-ring (bicyclic) bond motifs is 3. The summed E-state index contributed by atoms with van der Waals surface area (Å²) in [6, 6.07) is 15.0. The SMILES string of the molecule is Cc1ccc(CN2c3ccccc3-c3nc(SCC(N)=O)ncc3S2(=O)=O)cc1. The zero-order valence-corrected chi connectivity index (χ0v) is 17.2. The maximum absolute atomic E-state index is 13.4. The van der Waals surface area contributed by atoms with E-state index in [1.54, 1.807) is 12.1 Å². The Labute approximate surface area is 173 Å². The Morgan fingerprint density at radius 3 is 2.59 bits per heavy atom. The van der Waals surface area contributed by atoms with Gasteiger partial charge in [0.15, 0.2) is 5.16 Å². The fraction of sp³-hybridized carbons (Fsp3) is 0.150. The fourth-order valence-electron chi connectivity index (χ4n) is 3.11. The van der Waals surface area contributed by atoms with Crippen LogP contribution in [0.3, 0.4) is 0 Å². The van der Waals surface area contributed by atoms with Crippen LogP contribution in [0.4, 0.5) is 5.69 Å². The third-order valence-electron chi connectivity index (χ3n) is 4.52. The van der Waals surface area contributed by atoms with Crippen LogP contribution >= 0.6 is 11.8 Å². The van der Waals surface area contributed by atoms with Crippen molar-refractivity contribution in [3.05, 3.63) is 65.9 Å². The van der Waals surface area contributed by atoms with E-state index in [0.717, 1.165) is 22.9 Å². The van der Waals surface area contributed by atoms with Crippen LogP contribution in [0.25, 0.3) is 11.3 Å². The Morgan fingerprint density at radius 1 is 1.14 bits per heavy atom. The van der Waals surface area contributed by atoms with Gasteiger partial charge in [0.05, 0.1) is 29.9 Å². The molecule has 0 saturated heterocycles. The minimum Gasteiger partial charge on any atom is -0.369 e. The molecule has 0 aliphatic carbocycles. The summed E-state index contributed by atoms with van der Waals surface area (Å²) in [7, 11) is -3.85. The van der Waals surface area contributed by atoms with Crippen molar-refractivity contribution in [2.24, 2.45) is 5.73 Å². The van der Waals surface area contributed by atoms with Gasteiger partial charge in [0, 0.05) is 5.56 Å². The molecule has 1 amide bonds. The second-order valence-corrected chi connectivity index (χ2v) is 9.41. The third-order valence-corrected chi connectivity index (χ3v) is 7.16. The van der Waals surface area contributed by atoms with Crippen LogP contribution in [0, 0.1) is 6.92 Å². The van der Waals surface area contributed by atoms with Crippen molar-refractivity contribution in [2.45, 2.75) is 23.5 Å². The number of thioether (sulfide) groups is 1. The predicted octanol–water partition coefficient (Wildman–Crippen LogP) is 2.74. The number of benzene rings is 2. The van der Waals surface area contributed by atoms with Gasteiger partial charge in [-0.3, -0.25) is 9.10 Å². The monoisotopic (exact) mass is 426 g/mol. The highest BCUT2D eigenvalue weighted by Crippen LogP contribution is 2.42. The van der Waals surface area contributed by atoms with Crippen molar-refractivity contribution < 1.29 is 13.2 Å². The molecule has 2 heterocycles. The summed E-state index contributed by atoms with van der Waals surface area (Å²) in [5, 5.41) is 0.305. The summed E-state index contributed by atoms with van der Waals surface area (Å²) in [4.78, 5) is 19.6. The van der Waals surface area contributed by atoms with E-state index in [-0.39, 0.29) is 17.2 Å². The molecule has 1 aliphatic rings. The normalized spacial score (nSPS) is 14.2. The number of amides is 1. The number of nitrogens with two attached hydrogens (primary N) is 1. The molecule has 1 aromatic heterocycles. The van der Waals surface area contributed by atoms with Crippen LogP contribution < -0.4 is 10.0 Å². The Kier molecular flexibility index (Phi) is 5.01. The molecular weight excluding hydrogens is 408 g/mol. The number of rotatable bonds is 5. The van der Waals surface area contributed by atoms with Gasteiger partial charge >= 0.3 is 0 Å². The summed E-state index contributed by atoms with van der Waals surface area (Å²) >= 11 is 1.08. The van der Waals surface area contributed by atoms with Crippen molar-refractivity contribution in [3.63, 3.8) is 0 Å². The van der Waals surface area contributed by atoms with Gasteiger partial charge in [0.1, 0.15) is 4.90 Å². The summed E-state index contributed by atoms with van der Waals surface area (Å²) in [6.45, 7) is 2.19. The van der Waals surface area contributed by atoms with Gasteiger partial charge in [-0.2, -0.15) is 0 Å². The number of hydrogen-bond donors (Lipinski definition) is 1. The van der Waals surface area contributed by atoms with E-state index in [4.69, 9.17) is 5.73 Å². The first-order valence-corrected chi connectivity index (χ1v) is 11.2. The zero-order valence-electron chi connectivity index (χ0n) is 15.6. The molecule has 1 aliphatic heterocycles. The summed E-state index contributed by atoms with van der Waals surface area (Å²) < 4.78 is 28.1. The van der Waals surface area contributed by atoms with Crippen molar-refractivity contribution in [3.8, 4) is 11.3 Å². The summed E-state index contributed by atoms with van der Waals surface area (Å²) in [5.74, 6) is -0.471. The standard InChI is InChI=1S/C20H18N4O3S2/c1-13-6-8-14(9-7-13)11-24-16-5-3-2-4-15(16)19-17(29(24,26)27)10-22-20(23-19)28-12-18(21)25/h2-10H,11-12H2,1H3,(H2,21,25). The van der Waals surface area contributed by atoms with Gasteiger partial charge in [0.2, 0.25) is 5.91 Å². The van der Waals surface area contributed by atoms with E-state index in [9.17, 15) is 13.2 Å². The Morgan fingerprint density at radius 2 is 1.86 bits per heavy atom. The van der Waals surface area contributed by atoms with E-state index < -0.39 is 15.9 Å². The Bertz CT molecular complexity index is 1190. The van der Waals surface area contributed by atoms with E-state index in [1.165, 1.54) is 10.5 Å². The highest BCUT2D eigenvalue weighted by molar-refractivity contribution is 7.99. The lowest BCUT2D eigenvalue weighted by atomic mass is 10.1. The Balaban J connectivity index is 1.80. The molecule has 7 nitrogen and oxygen atoms in total. The fourth-order valence-corrected chi connectivity index (χ4v) is 5.23. The molecule has 29 heavy (non-hydrogen) atoms.